The highest BCUT2D eigenvalue weighted by molar-refractivity contribution is 7.92. The Hall–Kier alpha value is -1.39. The molecule has 7 nitrogen and oxygen atoms in total. The van der Waals surface area contributed by atoms with Crippen molar-refractivity contribution in [2.24, 2.45) is 0 Å². The van der Waals surface area contributed by atoms with E-state index in [4.69, 9.17) is 18.9 Å². The van der Waals surface area contributed by atoms with Gasteiger partial charge in [-0.3, -0.25) is 0 Å². The van der Waals surface area contributed by atoms with Crippen LogP contribution in [-0.2, 0) is 25.8 Å². The zero-order valence-corrected chi connectivity index (χ0v) is 16.4. The van der Waals surface area contributed by atoms with Crippen LogP contribution in [0.3, 0.4) is 0 Å². The van der Waals surface area contributed by atoms with Gasteiger partial charge < -0.3 is 23.9 Å². The second kappa shape index (κ2) is 8.32. The van der Waals surface area contributed by atoms with Gasteiger partial charge in [0.25, 0.3) is 0 Å². The SMILES string of the molecule is COCC1=C2[C@@H](CC/C(C)=C/c3ccc(CO)o3)OB(O)C[C@@H]2S(=O)(=O)C1. The maximum atomic E-state index is 12.5. The molecular weight excluding hydrogens is 371 g/mol. The van der Waals surface area contributed by atoms with Crippen molar-refractivity contribution in [3.8, 4) is 0 Å². The number of rotatable bonds is 7. The van der Waals surface area contributed by atoms with Crippen LogP contribution in [0.25, 0.3) is 6.08 Å². The van der Waals surface area contributed by atoms with Crippen molar-refractivity contribution in [2.75, 3.05) is 19.5 Å². The van der Waals surface area contributed by atoms with Crippen LogP contribution in [0.1, 0.15) is 31.3 Å². The number of aliphatic hydroxyl groups excluding tert-OH is 1. The molecule has 0 unspecified atom stereocenters. The van der Waals surface area contributed by atoms with E-state index in [9.17, 15) is 13.4 Å². The highest BCUT2D eigenvalue weighted by Gasteiger charge is 2.48. The van der Waals surface area contributed by atoms with Gasteiger partial charge in [0.2, 0.25) is 0 Å². The predicted molar refractivity (Wildman–Crippen MR) is 102 cm³/mol. The predicted octanol–water partition coefficient (Wildman–Crippen LogP) is 1.57. The maximum absolute atomic E-state index is 12.5. The topological polar surface area (TPSA) is 106 Å². The molecule has 2 N–H and O–H groups in total. The van der Waals surface area contributed by atoms with Crippen molar-refractivity contribution < 1.29 is 32.4 Å². The van der Waals surface area contributed by atoms with E-state index >= 15 is 0 Å². The van der Waals surface area contributed by atoms with E-state index in [0.29, 0.717) is 24.4 Å². The normalized spacial score (nSPS) is 25.2. The Balaban J connectivity index is 1.75. The second-order valence-electron chi connectivity index (χ2n) is 7.09. The van der Waals surface area contributed by atoms with Crippen LogP contribution in [0, 0.1) is 0 Å². The van der Waals surface area contributed by atoms with Crippen molar-refractivity contribution in [3.05, 3.63) is 40.4 Å². The number of allylic oxidation sites excluding steroid dienone is 1. The summed E-state index contributed by atoms with van der Waals surface area (Å²) in [5.74, 6) is 1.13. The third-order valence-corrected chi connectivity index (χ3v) is 7.06. The summed E-state index contributed by atoms with van der Waals surface area (Å²) < 4.78 is 41.3. The number of hydrogen-bond donors (Lipinski definition) is 2. The number of aliphatic hydroxyl groups is 1. The summed E-state index contributed by atoms with van der Waals surface area (Å²) >= 11 is 0. The molecule has 3 heterocycles. The number of ether oxygens (including phenoxy) is 1. The van der Waals surface area contributed by atoms with E-state index in [1.54, 1.807) is 12.1 Å². The molecule has 2 atom stereocenters. The summed E-state index contributed by atoms with van der Waals surface area (Å²) in [7, 11) is -2.86. The van der Waals surface area contributed by atoms with E-state index in [1.165, 1.54) is 7.11 Å². The van der Waals surface area contributed by atoms with Crippen molar-refractivity contribution in [2.45, 2.75) is 44.0 Å². The average molecular weight is 396 g/mol. The minimum absolute atomic E-state index is 0.0292. The Morgan fingerprint density at radius 3 is 2.89 bits per heavy atom. The smallest absolute Gasteiger partial charge is 0.456 e. The van der Waals surface area contributed by atoms with Crippen LogP contribution < -0.4 is 0 Å². The van der Waals surface area contributed by atoms with Gasteiger partial charge in [-0.05, 0) is 49.1 Å². The standard InChI is InChI=1S/C18H25BO7S/c1-12(7-14-4-5-15(9-20)25-14)3-6-16-18-13(10-24-2)11-27(22,23)17(18)8-19(21)26-16/h4-5,7,16-17,20-21H,3,6,8-11H2,1-2H3/b12-7+/t16-,17+/m1/s1. The van der Waals surface area contributed by atoms with E-state index in [-0.39, 0.29) is 25.3 Å². The Labute approximate surface area is 159 Å². The molecule has 1 aromatic rings. The van der Waals surface area contributed by atoms with Crippen LogP contribution in [0.4, 0.5) is 0 Å². The molecule has 0 bridgehead atoms. The van der Waals surface area contributed by atoms with Gasteiger partial charge in [-0.25, -0.2) is 8.42 Å². The number of hydrogen-bond acceptors (Lipinski definition) is 7. The summed E-state index contributed by atoms with van der Waals surface area (Å²) in [6.07, 6.45) is 2.72. The first-order valence-corrected chi connectivity index (χ1v) is 10.7. The Morgan fingerprint density at radius 1 is 1.44 bits per heavy atom. The molecule has 0 aromatic carbocycles. The summed E-state index contributed by atoms with van der Waals surface area (Å²) in [5.41, 5.74) is 2.54. The molecular formula is C18H25BO7S. The summed E-state index contributed by atoms with van der Waals surface area (Å²) in [6, 6.07) is 3.50. The van der Waals surface area contributed by atoms with Gasteiger partial charge in [-0.1, -0.05) is 5.57 Å². The van der Waals surface area contributed by atoms with Crippen molar-refractivity contribution >= 4 is 23.0 Å². The van der Waals surface area contributed by atoms with E-state index < -0.39 is 28.3 Å². The Morgan fingerprint density at radius 2 is 2.22 bits per heavy atom. The zero-order valence-electron chi connectivity index (χ0n) is 15.6. The summed E-state index contributed by atoms with van der Waals surface area (Å²) in [6.45, 7) is 2.06. The lowest BCUT2D eigenvalue weighted by Gasteiger charge is -2.32. The van der Waals surface area contributed by atoms with E-state index in [0.717, 1.165) is 16.7 Å². The minimum Gasteiger partial charge on any atom is -0.459 e. The molecule has 148 valence electrons. The molecule has 3 rings (SSSR count). The van der Waals surface area contributed by atoms with Crippen LogP contribution in [-0.4, -0.2) is 56.5 Å². The molecule has 27 heavy (non-hydrogen) atoms. The third-order valence-electron chi connectivity index (χ3n) is 4.99. The first-order chi connectivity index (χ1) is 12.8. The van der Waals surface area contributed by atoms with Gasteiger partial charge >= 0.3 is 7.12 Å². The summed E-state index contributed by atoms with van der Waals surface area (Å²) in [4.78, 5) is 0. The fraction of sp³-hybridized carbons (Fsp3) is 0.556. The molecule has 1 aromatic heterocycles. The zero-order chi connectivity index (χ0) is 19.6. The molecule has 1 fully saturated rings. The van der Waals surface area contributed by atoms with Crippen LogP contribution >= 0.6 is 0 Å². The first-order valence-electron chi connectivity index (χ1n) is 8.96. The van der Waals surface area contributed by atoms with Gasteiger partial charge in [-0.15, -0.1) is 0 Å². The van der Waals surface area contributed by atoms with Gasteiger partial charge in [0.15, 0.2) is 9.84 Å². The number of sulfone groups is 1. The number of methoxy groups -OCH3 is 1. The fourth-order valence-corrected chi connectivity index (χ4v) is 5.91. The quantitative estimate of drug-likeness (QED) is 0.532. The van der Waals surface area contributed by atoms with E-state index in [1.807, 2.05) is 13.0 Å². The molecule has 0 spiro atoms. The second-order valence-corrected chi connectivity index (χ2v) is 9.28. The lowest BCUT2D eigenvalue weighted by molar-refractivity contribution is 0.166. The summed E-state index contributed by atoms with van der Waals surface area (Å²) in [5, 5.41) is 18.4. The highest BCUT2D eigenvalue weighted by atomic mass is 32.2. The van der Waals surface area contributed by atoms with Gasteiger partial charge in [0, 0.05) is 13.4 Å². The Kier molecular flexibility index (Phi) is 6.27. The average Bonchev–Trinajstić information content (AvgIpc) is 3.15. The van der Waals surface area contributed by atoms with Crippen LogP contribution in [0.15, 0.2) is 33.3 Å². The minimum atomic E-state index is -3.32. The van der Waals surface area contributed by atoms with Crippen LogP contribution in [0.2, 0.25) is 6.32 Å². The lowest BCUT2D eigenvalue weighted by atomic mass is 9.74. The molecule has 0 radical (unpaired) electrons. The highest BCUT2D eigenvalue weighted by Crippen LogP contribution is 2.39. The molecule has 9 heteroatoms. The molecule has 2 aliphatic rings. The van der Waals surface area contributed by atoms with Gasteiger partial charge in [-0.2, -0.15) is 0 Å². The van der Waals surface area contributed by atoms with Crippen LogP contribution in [0.5, 0.6) is 0 Å². The third kappa shape index (κ3) is 4.55. The molecule has 1 saturated heterocycles. The largest absolute Gasteiger partial charge is 0.459 e. The molecule has 0 aliphatic carbocycles. The monoisotopic (exact) mass is 396 g/mol. The molecule has 0 amide bonds. The number of fused-ring (bicyclic) bond motifs is 1. The number of furan rings is 1. The molecule has 0 saturated carbocycles. The van der Waals surface area contributed by atoms with E-state index in [2.05, 4.69) is 0 Å². The van der Waals surface area contributed by atoms with Gasteiger partial charge in [0.1, 0.15) is 18.1 Å². The van der Waals surface area contributed by atoms with Crippen molar-refractivity contribution in [3.63, 3.8) is 0 Å². The Bertz CT molecular complexity index is 840. The van der Waals surface area contributed by atoms with Crippen molar-refractivity contribution in [1.29, 1.82) is 0 Å². The fourth-order valence-electron chi connectivity index (χ4n) is 3.81. The maximum Gasteiger partial charge on any atom is 0.456 e. The molecule has 2 aliphatic heterocycles. The van der Waals surface area contributed by atoms with Gasteiger partial charge in [0.05, 0.1) is 23.7 Å². The van der Waals surface area contributed by atoms with Crippen molar-refractivity contribution in [1.82, 2.24) is 0 Å². The lowest BCUT2D eigenvalue weighted by Crippen LogP contribution is -2.42. The first kappa shape index (κ1) is 20.4.